The highest BCUT2D eigenvalue weighted by Crippen LogP contribution is 2.30. The van der Waals surface area contributed by atoms with Gasteiger partial charge in [0.1, 0.15) is 11.4 Å². The van der Waals surface area contributed by atoms with Gasteiger partial charge in [0, 0.05) is 34.8 Å². The van der Waals surface area contributed by atoms with Gasteiger partial charge >= 0.3 is 0 Å². The van der Waals surface area contributed by atoms with Crippen LogP contribution in [0.25, 0.3) is 11.3 Å². The summed E-state index contributed by atoms with van der Waals surface area (Å²) in [6.45, 7) is 0. The summed E-state index contributed by atoms with van der Waals surface area (Å²) in [5.74, 6) is -0.0962. The number of benzene rings is 1. The van der Waals surface area contributed by atoms with E-state index in [1.165, 1.54) is 23.3 Å². The first-order valence-corrected chi connectivity index (χ1v) is 9.21. The summed E-state index contributed by atoms with van der Waals surface area (Å²) in [7, 11) is 0. The molecule has 24 heavy (non-hydrogen) atoms. The van der Waals surface area contributed by atoms with E-state index in [2.05, 4.69) is 15.0 Å². The van der Waals surface area contributed by atoms with Crippen molar-refractivity contribution >= 4 is 40.6 Å². The Morgan fingerprint density at radius 1 is 1.21 bits per heavy atom. The Morgan fingerprint density at radius 2 is 2.04 bits per heavy atom. The van der Waals surface area contributed by atoms with Gasteiger partial charge in [-0.3, -0.25) is 9.78 Å². The number of amides is 1. The zero-order chi connectivity index (χ0) is 16.9. The Labute approximate surface area is 147 Å². The van der Waals surface area contributed by atoms with Gasteiger partial charge in [0.05, 0.1) is 4.88 Å². The van der Waals surface area contributed by atoms with E-state index in [1.807, 2.05) is 35.9 Å². The van der Waals surface area contributed by atoms with Crippen LogP contribution in [-0.2, 0) is 0 Å². The molecule has 1 amide bonds. The fourth-order valence-electron chi connectivity index (χ4n) is 2.17. The standard InChI is InChI=1S/C17H15N3O2S2/c1-23-20-13-5-2-4-12(9-13)19-17(22)15-8-11(10-24-15)16-14(21)6-3-7-18-16/h2-10,20-21H,1H3,(H,19,22). The molecule has 0 saturated carbocycles. The summed E-state index contributed by atoms with van der Waals surface area (Å²) in [5, 5.41) is 14.5. The number of pyridine rings is 1. The maximum Gasteiger partial charge on any atom is 0.265 e. The number of nitrogens with zero attached hydrogens (tertiary/aromatic N) is 1. The van der Waals surface area contributed by atoms with E-state index in [-0.39, 0.29) is 11.7 Å². The van der Waals surface area contributed by atoms with Crippen LogP contribution in [0, 0.1) is 0 Å². The average molecular weight is 357 g/mol. The molecule has 0 aliphatic carbocycles. The minimum absolute atomic E-state index is 0.0955. The average Bonchev–Trinajstić information content (AvgIpc) is 3.06. The van der Waals surface area contributed by atoms with Gasteiger partial charge in [-0.25, -0.2) is 0 Å². The van der Waals surface area contributed by atoms with E-state index < -0.39 is 0 Å². The van der Waals surface area contributed by atoms with Crippen LogP contribution in [0.2, 0.25) is 0 Å². The lowest BCUT2D eigenvalue weighted by molar-refractivity contribution is 0.103. The number of aromatic nitrogens is 1. The van der Waals surface area contributed by atoms with E-state index in [4.69, 9.17) is 0 Å². The third kappa shape index (κ3) is 3.69. The van der Waals surface area contributed by atoms with E-state index in [1.54, 1.807) is 24.4 Å². The van der Waals surface area contributed by atoms with Crippen LogP contribution >= 0.6 is 23.3 Å². The van der Waals surface area contributed by atoms with Crippen LogP contribution in [0.4, 0.5) is 11.4 Å². The zero-order valence-electron chi connectivity index (χ0n) is 12.8. The zero-order valence-corrected chi connectivity index (χ0v) is 14.4. The number of hydrogen-bond donors (Lipinski definition) is 3. The van der Waals surface area contributed by atoms with Crippen molar-refractivity contribution in [3.63, 3.8) is 0 Å². The molecule has 0 saturated heterocycles. The highest BCUT2D eigenvalue weighted by molar-refractivity contribution is 7.99. The first kappa shape index (κ1) is 16.4. The number of carbonyl (C=O) groups is 1. The van der Waals surface area contributed by atoms with Crippen molar-refractivity contribution in [2.24, 2.45) is 0 Å². The minimum atomic E-state index is -0.192. The Kier molecular flexibility index (Phi) is 5.02. The van der Waals surface area contributed by atoms with Gasteiger partial charge in [0.25, 0.3) is 5.91 Å². The molecule has 7 heteroatoms. The maximum absolute atomic E-state index is 12.4. The summed E-state index contributed by atoms with van der Waals surface area (Å²) in [6.07, 6.45) is 3.54. The van der Waals surface area contributed by atoms with Gasteiger partial charge in [-0.2, -0.15) is 0 Å². The van der Waals surface area contributed by atoms with E-state index in [9.17, 15) is 9.90 Å². The third-order valence-electron chi connectivity index (χ3n) is 3.22. The molecule has 0 aliphatic rings. The molecule has 3 N–H and O–H groups in total. The number of aromatic hydroxyl groups is 1. The van der Waals surface area contributed by atoms with Crippen LogP contribution < -0.4 is 10.0 Å². The minimum Gasteiger partial charge on any atom is -0.506 e. The fraction of sp³-hybridized carbons (Fsp3) is 0.0588. The molecular formula is C17H15N3O2S2. The van der Waals surface area contributed by atoms with Gasteiger partial charge in [-0.05, 0) is 36.4 Å². The maximum atomic E-state index is 12.4. The van der Waals surface area contributed by atoms with Crippen molar-refractivity contribution in [1.82, 2.24) is 4.98 Å². The lowest BCUT2D eigenvalue weighted by Crippen LogP contribution is -2.10. The largest absolute Gasteiger partial charge is 0.506 e. The molecule has 5 nitrogen and oxygen atoms in total. The second-order valence-electron chi connectivity index (χ2n) is 4.91. The number of carbonyl (C=O) groups excluding carboxylic acids is 1. The molecule has 2 aromatic heterocycles. The highest BCUT2D eigenvalue weighted by Gasteiger charge is 2.13. The predicted octanol–water partition coefficient (Wildman–Crippen LogP) is 4.46. The lowest BCUT2D eigenvalue weighted by atomic mass is 10.2. The summed E-state index contributed by atoms with van der Waals surface area (Å²) in [4.78, 5) is 17.1. The number of nitrogens with one attached hydrogen (secondary N) is 2. The van der Waals surface area contributed by atoms with E-state index in [0.717, 1.165) is 16.9 Å². The SMILES string of the molecule is CSNc1cccc(NC(=O)c2cc(-c3ncccc3O)cs2)c1. The molecule has 0 radical (unpaired) electrons. The first-order chi connectivity index (χ1) is 11.7. The predicted molar refractivity (Wildman–Crippen MR) is 101 cm³/mol. The van der Waals surface area contributed by atoms with Crippen molar-refractivity contribution in [2.75, 3.05) is 16.3 Å². The monoisotopic (exact) mass is 357 g/mol. The molecule has 0 aliphatic heterocycles. The van der Waals surface area contributed by atoms with Crippen molar-refractivity contribution in [1.29, 1.82) is 0 Å². The number of anilines is 2. The van der Waals surface area contributed by atoms with Crippen LogP contribution in [0.3, 0.4) is 0 Å². The van der Waals surface area contributed by atoms with Crippen LogP contribution in [0.15, 0.2) is 54.0 Å². The van der Waals surface area contributed by atoms with E-state index >= 15 is 0 Å². The molecule has 0 unspecified atom stereocenters. The molecule has 0 spiro atoms. The van der Waals surface area contributed by atoms with Gasteiger partial charge < -0.3 is 15.1 Å². The number of hydrogen-bond acceptors (Lipinski definition) is 6. The Balaban J connectivity index is 1.77. The molecule has 3 rings (SSSR count). The topological polar surface area (TPSA) is 74.2 Å². The summed E-state index contributed by atoms with van der Waals surface area (Å²) < 4.78 is 3.12. The second-order valence-corrected chi connectivity index (χ2v) is 6.44. The first-order valence-electron chi connectivity index (χ1n) is 7.10. The third-order valence-corrected chi connectivity index (χ3v) is 4.59. The van der Waals surface area contributed by atoms with E-state index in [0.29, 0.717) is 10.6 Å². The molecular weight excluding hydrogens is 342 g/mol. The summed E-state index contributed by atoms with van der Waals surface area (Å²) in [6, 6.07) is 12.5. The molecule has 0 fully saturated rings. The van der Waals surface area contributed by atoms with Crippen molar-refractivity contribution in [2.45, 2.75) is 0 Å². The van der Waals surface area contributed by atoms with Gasteiger partial charge in [-0.15, -0.1) is 11.3 Å². The molecule has 122 valence electrons. The number of thiophene rings is 1. The van der Waals surface area contributed by atoms with Gasteiger partial charge in [0.2, 0.25) is 0 Å². The van der Waals surface area contributed by atoms with Crippen LogP contribution in [0.1, 0.15) is 9.67 Å². The van der Waals surface area contributed by atoms with Crippen molar-refractivity contribution in [3.8, 4) is 17.0 Å². The van der Waals surface area contributed by atoms with Crippen LogP contribution in [-0.4, -0.2) is 22.3 Å². The fourth-order valence-corrected chi connectivity index (χ4v) is 3.32. The molecule has 1 aromatic carbocycles. The highest BCUT2D eigenvalue weighted by atomic mass is 32.2. The normalized spacial score (nSPS) is 10.4. The van der Waals surface area contributed by atoms with Crippen molar-refractivity contribution < 1.29 is 9.90 Å². The quantitative estimate of drug-likeness (QED) is 0.588. The van der Waals surface area contributed by atoms with Gasteiger partial charge in [-0.1, -0.05) is 18.0 Å². The lowest BCUT2D eigenvalue weighted by Gasteiger charge is -2.07. The molecule has 2 heterocycles. The van der Waals surface area contributed by atoms with Crippen molar-refractivity contribution in [3.05, 3.63) is 58.9 Å². The Hall–Kier alpha value is -2.51. The molecule has 3 aromatic rings. The summed E-state index contributed by atoms with van der Waals surface area (Å²) >= 11 is 2.80. The number of rotatable bonds is 5. The Bertz CT molecular complexity index is 864. The molecule has 0 atom stereocenters. The Morgan fingerprint density at radius 3 is 2.83 bits per heavy atom. The second kappa shape index (κ2) is 7.37. The molecule has 0 bridgehead atoms. The van der Waals surface area contributed by atoms with Gasteiger partial charge in [0.15, 0.2) is 0 Å². The summed E-state index contributed by atoms with van der Waals surface area (Å²) in [5.41, 5.74) is 2.83. The van der Waals surface area contributed by atoms with Crippen LogP contribution in [0.5, 0.6) is 5.75 Å². The smallest absolute Gasteiger partial charge is 0.265 e.